The summed E-state index contributed by atoms with van der Waals surface area (Å²) in [4.78, 5) is 1.01. The van der Waals surface area contributed by atoms with E-state index < -0.39 is 20.0 Å². The molecule has 0 aliphatic carbocycles. The highest BCUT2D eigenvalue weighted by molar-refractivity contribution is 7.98. The van der Waals surface area contributed by atoms with E-state index in [-0.39, 0.29) is 9.79 Å². The third-order valence-corrected chi connectivity index (χ3v) is 7.99. The first kappa shape index (κ1) is 20.8. The van der Waals surface area contributed by atoms with Crippen LogP contribution < -0.4 is 4.72 Å². The van der Waals surface area contributed by atoms with Crippen molar-refractivity contribution in [2.45, 2.75) is 28.5 Å². The Morgan fingerprint density at radius 1 is 0.923 bits per heavy atom. The van der Waals surface area contributed by atoms with Crippen LogP contribution in [0.3, 0.4) is 0 Å². The molecule has 0 aliphatic rings. The summed E-state index contributed by atoms with van der Waals surface area (Å²) < 4.78 is 53.8. The number of hydrogen-bond acceptors (Lipinski definition) is 5. The summed E-state index contributed by atoms with van der Waals surface area (Å²) in [5.41, 5.74) is 0.455. The van der Waals surface area contributed by atoms with Crippen LogP contribution in [0.4, 0.5) is 5.69 Å². The van der Waals surface area contributed by atoms with Crippen LogP contribution in [0, 0.1) is 0 Å². The van der Waals surface area contributed by atoms with Crippen molar-refractivity contribution in [3.05, 3.63) is 48.5 Å². The maximum atomic E-state index is 12.5. The molecule has 0 saturated heterocycles. The summed E-state index contributed by atoms with van der Waals surface area (Å²) >= 11 is 1.51. The molecule has 0 unspecified atom stereocenters. The van der Waals surface area contributed by atoms with Crippen LogP contribution in [0.25, 0.3) is 0 Å². The van der Waals surface area contributed by atoms with E-state index in [9.17, 15) is 16.8 Å². The molecule has 0 amide bonds. The smallest absolute Gasteiger partial charge is 0.261 e. The van der Waals surface area contributed by atoms with E-state index in [0.29, 0.717) is 18.8 Å². The number of rotatable bonds is 8. The van der Waals surface area contributed by atoms with Crippen molar-refractivity contribution in [2.24, 2.45) is 0 Å². The van der Waals surface area contributed by atoms with Gasteiger partial charge < -0.3 is 0 Å². The zero-order valence-electron chi connectivity index (χ0n) is 14.8. The monoisotopic (exact) mass is 414 g/mol. The minimum atomic E-state index is -3.80. The van der Waals surface area contributed by atoms with Crippen molar-refractivity contribution in [2.75, 3.05) is 24.1 Å². The zero-order chi connectivity index (χ0) is 19.4. The quantitative estimate of drug-likeness (QED) is 0.671. The van der Waals surface area contributed by atoms with Crippen molar-refractivity contribution in [1.29, 1.82) is 0 Å². The molecule has 9 heteroatoms. The van der Waals surface area contributed by atoms with E-state index >= 15 is 0 Å². The van der Waals surface area contributed by atoms with Gasteiger partial charge in [0.15, 0.2) is 0 Å². The molecule has 2 aromatic rings. The van der Waals surface area contributed by atoms with Crippen LogP contribution in [-0.4, -0.2) is 40.5 Å². The lowest BCUT2D eigenvalue weighted by molar-refractivity contribution is 0.445. The first-order chi connectivity index (χ1) is 12.2. The highest BCUT2D eigenvalue weighted by Crippen LogP contribution is 2.23. The van der Waals surface area contributed by atoms with Crippen molar-refractivity contribution < 1.29 is 16.8 Å². The lowest BCUT2D eigenvalue weighted by Crippen LogP contribution is -2.30. The van der Waals surface area contributed by atoms with Gasteiger partial charge >= 0.3 is 0 Å². The van der Waals surface area contributed by atoms with E-state index in [1.807, 2.05) is 12.3 Å². The first-order valence-electron chi connectivity index (χ1n) is 8.01. The second-order valence-corrected chi connectivity index (χ2v) is 9.90. The second kappa shape index (κ2) is 8.43. The van der Waals surface area contributed by atoms with E-state index in [1.165, 1.54) is 40.3 Å². The Balaban J connectivity index is 2.29. The molecule has 0 saturated carbocycles. The summed E-state index contributed by atoms with van der Waals surface area (Å²) in [5.74, 6) is 0. The van der Waals surface area contributed by atoms with Gasteiger partial charge in [-0.1, -0.05) is 19.9 Å². The van der Waals surface area contributed by atoms with Crippen molar-refractivity contribution in [3.8, 4) is 0 Å². The van der Waals surface area contributed by atoms with Crippen LogP contribution in [0.15, 0.2) is 63.2 Å². The molecular weight excluding hydrogens is 392 g/mol. The highest BCUT2D eigenvalue weighted by Gasteiger charge is 2.22. The number of benzene rings is 2. The Bertz CT molecular complexity index is 952. The highest BCUT2D eigenvalue weighted by atomic mass is 32.2. The summed E-state index contributed by atoms with van der Waals surface area (Å²) in [7, 11) is -7.42. The maximum Gasteiger partial charge on any atom is 0.261 e. The van der Waals surface area contributed by atoms with Crippen molar-refractivity contribution >= 4 is 37.5 Å². The van der Waals surface area contributed by atoms with Crippen molar-refractivity contribution in [3.63, 3.8) is 0 Å². The molecule has 0 heterocycles. The normalized spacial score (nSPS) is 12.3. The van der Waals surface area contributed by atoms with Gasteiger partial charge in [0.1, 0.15) is 0 Å². The van der Waals surface area contributed by atoms with Gasteiger partial charge in [0.25, 0.3) is 10.0 Å². The molecule has 1 N–H and O–H groups in total. The molecule has 0 fully saturated rings. The molecule has 2 rings (SSSR count). The molecule has 0 bridgehead atoms. The lowest BCUT2D eigenvalue weighted by Gasteiger charge is -2.18. The van der Waals surface area contributed by atoms with Crippen LogP contribution >= 0.6 is 11.8 Å². The number of nitrogens with one attached hydrogen (secondary N) is 1. The molecule has 142 valence electrons. The van der Waals surface area contributed by atoms with Gasteiger partial charge in [-0.2, -0.15) is 4.31 Å². The topological polar surface area (TPSA) is 83.6 Å². The number of nitrogens with zero attached hydrogens (tertiary/aromatic N) is 1. The number of anilines is 1. The van der Waals surface area contributed by atoms with Crippen molar-refractivity contribution in [1.82, 2.24) is 4.31 Å². The van der Waals surface area contributed by atoms with Gasteiger partial charge in [-0.3, -0.25) is 4.72 Å². The van der Waals surface area contributed by atoms with Crippen LogP contribution in [0.5, 0.6) is 0 Å². The standard InChI is InChI=1S/C17H22N2O4S3/c1-4-19(5-2)26(22,23)17-11-9-16(10-12-17)25(20,21)18-14-7-6-8-15(13-14)24-3/h6-13,18H,4-5H2,1-3H3. The SMILES string of the molecule is CCN(CC)S(=O)(=O)c1ccc(S(=O)(=O)Nc2cccc(SC)c2)cc1. The van der Waals surface area contributed by atoms with Gasteiger partial charge in [0.2, 0.25) is 10.0 Å². The minimum Gasteiger partial charge on any atom is -0.280 e. The molecule has 0 aromatic heterocycles. The van der Waals surface area contributed by atoms with Crippen LogP contribution in [-0.2, 0) is 20.0 Å². The fraction of sp³-hybridized carbons (Fsp3) is 0.294. The zero-order valence-corrected chi connectivity index (χ0v) is 17.3. The Labute approximate surface area is 159 Å². The Morgan fingerprint density at radius 3 is 2.04 bits per heavy atom. The molecule has 0 radical (unpaired) electrons. The van der Waals surface area contributed by atoms with Gasteiger partial charge in [-0.15, -0.1) is 11.8 Å². The maximum absolute atomic E-state index is 12.5. The number of thioether (sulfide) groups is 1. The summed E-state index contributed by atoms with van der Waals surface area (Å²) in [5, 5.41) is 0. The summed E-state index contributed by atoms with van der Waals surface area (Å²) in [6, 6.07) is 12.3. The summed E-state index contributed by atoms with van der Waals surface area (Å²) in [6.07, 6.45) is 1.91. The van der Waals surface area contributed by atoms with Gasteiger partial charge in [0, 0.05) is 23.7 Å². The van der Waals surface area contributed by atoms with E-state index in [4.69, 9.17) is 0 Å². The molecule has 0 aliphatic heterocycles. The third-order valence-electron chi connectivity index (χ3n) is 3.80. The number of hydrogen-bond donors (Lipinski definition) is 1. The van der Waals surface area contributed by atoms with Crippen LogP contribution in [0.1, 0.15) is 13.8 Å². The van der Waals surface area contributed by atoms with Gasteiger partial charge in [0.05, 0.1) is 9.79 Å². The molecule has 6 nitrogen and oxygen atoms in total. The van der Waals surface area contributed by atoms with Gasteiger partial charge in [-0.05, 0) is 48.7 Å². The van der Waals surface area contributed by atoms with E-state index in [1.54, 1.807) is 32.0 Å². The first-order valence-corrected chi connectivity index (χ1v) is 12.2. The predicted octanol–water partition coefficient (Wildman–Crippen LogP) is 3.24. The largest absolute Gasteiger partial charge is 0.280 e. The molecule has 0 atom stereocenters. The Morgan fingerprint density at radius 2 is 1.50 bits per heavy atom. The van der Waals surface area contributed by atoms with Crippen LogP contribution in [0.2, 0.25) is 0 Å². The fourth-order valence-electron chi connectivity index (χ4n) is 2.40. The average Bonchev–Trinajstić information content (AvgIpc) is 2.62. The molecular formula is C17H22N2O4S3. The third kappa shape index (κ3) is 4.59. The van der Waals surface area contributed by atoms with Gasteiger partial charge in [-0.25, -0.2) is 16.8 Å². The second-order valence-electron chi connectivity index (χ2n) is 5.40. The lowest BCUT2D eigenvalue weighted by atomic mass is 10.3. The Kier molecular flexibility index (Phi) is 6.73. The summed E-state index contributed by atoms with van der Waals surface area (Å²) in [6.45, 7) is 4.22. The minimum absolute atomic E-state index is 0.00514. The molecule has 0 spiro atoms. The van der Waals surface area contributed by atoms with E-state index in [2.05, 4.69) is 4.72 Å². The Hall–Kier alpha value is -1.55. The molecule has 2 aromatic carbocycles. The number of sulfonamides is 2. The molecule has 26 heavy (non-hydrogen) atoms. The predicted molar refractivity (Wildman–Crippen MR) is 106 cm³/mol. The fourth-order valence-corrected chi connectivity index (χ4v) is 5.37. The average molecular weight is 415 g/mol. The van der Waals surface area contributed by atoms with E-state index in [0.717, 1.165) is 4.90 Å².